The normalized spacial score (nSPS) is 12.3. The summed E-state index contributed by atoms with van der Waals surface area (Å²) in [4.78, 5) is 28.9. The number of rotatable bonds is 7. The van der Waals surface area contributed by atoms with Gasteiger partial charge in [-0.3, -0.25) is 14.8 Å². The molecule has 0 aliphatic carbocycles. The first-order valence-corrected chi connectivity index (χ1v) is 12.1. The standard InChI is InChI=1S/C23H11ClF10IN3O4/c24-15-5-4-9(8-36-15)19(40)38(41)13-3-1-2-11(16(13)25)18(39)37-17-12(35)6-10(7-14(17)42-20(26)27)21(28,22(29,30)31)23(32,33)34/h1-8,20,41H,(H,37,39). The summed E-state index contributed by atoms with van der Waals surface area (Å²) >= 11 is 6.62. The summed E-state index contributed by atoms with van der Waals surface area (Å²) in [7, 11) is 0. The highest BCUT2D eigenvalue weighted by atomic mass is 127. The molecule has 0 fully saturated rings. The van der Waals surface area contributed by atoms with Crippen molar-refractivity contribution < 1.29 is 63.4 Å². The Labute approximate surface area is 246 Å². The number of ether oxygens (including phenoxy) is 1. The van der Waals surface area contributed by atoms with E-state index >= 15 is 4.39 Å². The average molecular weight is 746 g/mol. The van der Waals surface area contributed by atoms with Crippen molar-refractivity contribution in [3.05, 3.63) is 79.9 Å². The number of hydrogen-bond acceptors (Lipinski definition) is 5. The summed E-state index contributed by atoms with van der Waals surface area (Å²) in [5.41, 5.74) is -11.4. The highest BCUT2D eigenvalue weighted by molar-refractivity contribution is 14.1. The number of hydroxylamine groups is 1. The smallest absolute Gasteiger partial charge is 0.433 e. The lowest BCUT2D eigenvalue weighted by atomic mass is 9.93. The fourth-order valence-electron chi connectivity index (χ4n) is 3.35. The van der Waals surface area contributed by atoms with E-state index in [4.69, 9.17) is 11.6 Å². The fraction of sp³-hybridized carbons (Fsp3) is 0.174. The zero-order valence-electron chi connectivity index (χ0n) is 19.8. The number of aromatic nitrogens is 1. The van der Waals surface area contributed by atoms with Crippen molar-refractivity contribution in [2.45, 2.75) is 24.6 Å². The number of benzene rings is 2. The van der Waals surface area contributed by atoms with Gasteiger partial charge < -0.3 is 10.1 Å². The first kappa shape index (κ1) is 33.1. The predicted molar refractivity (Wildman–Crippen MR) is 133 cm³/mol. The molecule has 0 saturated heterocycles. The van der Waals surface area contributed by atoms with E-state index < -0.39 is 74.1 Å². The minimum absolute atomic E-state index is 0.0206. The summed E-state index contributed by atoms with van der Waals surface area (Å²) < 4.78 is 138. The molecule has 3 aromatic rings. The van der Waals surface area contributed by atoms with Crippen LogP contribution in [0.4, 0.5) is 55.3 Å². The van der Waals surface area contributed by atoms with Gasteiger partial charge in [0.1, 0.15) is 10.8 Å². The molecule has 3 rings (SSSR count). The Morgan fingerprint density at radius 3 is 2.17 bits per heavy atom. The maximum Gasteiger partial charge on any atom is 0.435 e. The van der Waals surface area contributed by atoms with E-state index in [9.17, 15) is 54.3 Å². The van der Waals surface area contributed by atoms with E-state index in [0.717, 1.165) is 53.1 Å². The molecule has 0 atom stereocenters. The molecule has 7 nitrogen and oxygen atoms in total. The Kier molecular flexibility index (Phi) is 9.52. The van der Waals surface area contributed by atoms with E-state index in [-0.39, 0.29) is 27.9 Å². The van der Waals surface area contributed by atoms with Gasteiger partial charge in [0.2, 0.25) is 0 Å². The van der Waals surface area contributed by atoms with Crippen molar-refractivity contribution in [1.82, 2.24) is 4.98 Å². The number of carbonyl (C=O) groups is 2. The number of hydrogen-bond donors (Lipinski definition) is 2. The van der Waals surface area contributed by atoms with Gasteiger partial charge in [0.15, 0.2) is 11.6 Å². The van der Waals surface area contributed by atoms with Crippen molar-refractivity contribution in [3.63, 3.8) is 0 Å². The van der Waals surface area contributed by atoms with Crippen LogP contribution in [0, 0.1) is 9.39 Å². The second kappa shape index (κ2) is 12.1. The highest BCUT2D eigenvalue weighted by Crippen LogP contribution is 2.54. The van der Waals surface area contributed by atoms with Gasteiger partial charge in [-0.05, 0) is 59.0 Å². The van der Waals surface area contributed by atoms with Gasteiger partial charge in [0.05, 0.1) is 16.8 Å². The molecule has 2 N–H and O–H groups in total. The molecule has 19 heteroatoms. The minimum atomic E-state index is -6.60. The van der Waals surface area contributed by atoms with Gasteiger partial charge in [-0.15, -0.1) is 0 Å². The molecule has 2 aromatic carbocycles. The Morgan fingerprint density at radius 2 is 1.64 bits per heavy atom. The van der Waals surface area contributed by atoms with E-state index in [1.165, 1.54) is 6.07 Å². The number of carbonyl (C=O) groups excluding carboxylic acids is 2. The third kappa shape index (κ3) is 6.48. The molecule has 0 radical (unpaired) electrons. The topological polar surface area (TPSA) is 91.8 Å². The van der Waals surface area contributed by atoms with Crippen LogP contribution in [-0.4, -0.2) is 41.0 Å². The molecule has 0 unspecified atom stereocenters. The number of halogens is 12. The molecule has 0 aliphatic heterocycles. The second-order valence-corrected chi connectivity index (χ2v) is 9.49. The Hall–Kier alpha value is -3.39. The van der Waals surface area contributed by atoms with Gasteiger partial charge in [0.25, 0.3) is 11.8 Å². The molecule has 1 aromatic heterocycles. The van der Waals surface area contributed by atoms with Crippen LogP contribution in [0.2, 0.25) is 5.15 Å². The Balaban J connectivity index is 2.04. The maximum absolute atomic E-state index is 15.2. The van der Waals surface area contributed by atoms with Crippen LogP contribution < -0.4 is 15.1 Å². The molecule has 0 spiro atoms. The van der Waals surface area contributed by atoms with Crippen LogP contribution in [0.1, 0.15) is 26.3 Å². The van der Waals surface area contributed by atoms with Gasteiger partial charge >= 0.3 is 24.6 Å². The van der Waals surface area contributed by atoms with Crippen molar-refractivity contribution in [3.8, 4) is 5.75 Å². The van der Waals surface area contributed by atoms with Crippen molar-refractivity contribution in [2.75, 3.05) is 10.4 Å². The minimum Gasteiger partial charge on any atom is -0.433 e. The summed E-state index contributed by atoms with van der Waals surface area (Å²) in [5, 5.41) is 11.8. The number of nitrogens with one attached hydrogen (secondary N) is 1. The summed E-state index contributed by atoms with van der Waals surface area (Å²) in [6.45, 7) is -3.88. The summed E-state index contributed by atoms with van der Waals surface area (Å²) in [6.07, 6.45) is -12.3. The van der Waals surface area contributed by atoms with Crippen molar-refractivity contribution in [1.29, 1.82) is 0 Å². The van der Waals surface area contributed by atoms with E-state index in [1.54, 1.807) is 5.32 Å². The first-order chi connectivity index (χ1) is 19.3. The molecule has 42 heavy (non-hydrogen) atoms. The highest BCUT2D eigenvalue weighted by Gasteiger charge is 2.73. The maximum atomic E-state index is 15.2. The summed E-state index contributed by atoms with van der Waals surface area (Å²) in [5.74, 6) is -5.89. The van der Waals surface area contributed by atoms with Gasteiger partial charge in [-0.2, -0.15) is 40.2 Å². The van der Waals surface area contributed by atoms with Crippen LogP contribution in [0.25, 0.3) is 0 Å². The largest absolute Gasteiger partial charge is 0.435 e. The third-order valence-electron chi connectivity index (χ3n) is 5.31. The van der Waals surface area contributed by atoms with Crippen LogP contribution in [-0.2, 0) is 5.67 Å². The quantitative estimate of drug-likeness (QED) is 0.0853. The molecular weight excluding hydrogens is 735 g/mol. The molecular formula is C23H11ClF10IN3O4. The zero-order chi connectivity index (χ0) is 31.8. The molecule has 0 bridgehead atoms. The summed E-state index contributed by atoms with van der Waals surface area (Å²) in [6, 6.07) is 4.49. The Bertz CT molecular complexity index is 1490. The lowest BCUT2D eigenvalue weighted by molar-refractivity contribution is -0.348. The van der Waals surface area contributed by atoms with Crippen molar-refractivity contribution in [2.24, 2.45) is 0 Å². The van der Waals surface area contributed by atoms with Gasteiger partial charge in [-0.1, -0.05) is 17.7 Å². The number of amides is 2. The molecule has 2 amide bonds. The lowest BCUT2D eigenvalue weighted by Gasteiger charge is -2.31. The van der Waals surface area contributed by atoms with Crippen LogP contribution in [0.5, 0.6) is 5.75 Å². The Morgan fingerprint density at radius 1 is 1.02 bits per heavy atom. The lowest BCUT2D eigenvalue weighted by Crippen LogP contribution is -2.50. The molecule has 0 saturated carbocycles. The van der Waals surface area contributed by atoms with E-state index in [0.29, 0.717) is 0 Å². The van der Waals surface area contributed by atoms with E-state index in [2.05, 4.69) is 9.72 Å². The number of pyridine rings is 1. The van der Waals surface area contributed by atoms with Crippen LogP contribution in [0.15, 0.2) is 48.7 Å². The first-order valence-electron chi connectivity index (χ1n) is 10.7. The number of alkyl halides is 9. The monoisotopic (exact) mass is 745 g/mol. The SMILES string of the molecule is O=C(Nc1c(I)cc(C(F)(C(F)(F)F)C(F)(F)F)cc1OC(F)F)c1cccc(N(O)C(=O)c2ccc(Cl)nc2)c1F. The molecule has 1 heterocycles. The fourth-order valence-corrected chi connectivity index (χ4v) is 4.20. The van der Waals surface area contributed by atoms with Crippen LogP contribution in [0.3, 0.4) is 0 Å². The zero-order valence-corrected chi connectivity index (χ0v) is 22.7. The second-order valence-electron chi connectivity index (χ2n) is 7.94. The van der Waals surface area contributed by atoms with E-state index in [1.807, 2.05) is 0 Å². The third-order valence-corrected chi connectivity index (χ3v) is 6.38. The number of nitrogens with zero attached hydrogens (tertiary/aromatic N) is 2. The predicted octanol–water partition coefficient (Wildman–Crippen LogP) is 7.66. The molecule has 0 aliphatic rings. The average Bonchev–Trinajstić information content (AvgIpc) is 2.88. The molecule has 226 valence electrons. The van der Waals surface area contributed by atoms with Gasteiger partial charge in [-0.25, -0.2) is 13.8 Å². The van der Waals surface area contributed by atoms with Gasteiger partial charge in [0, 0.05) is 15.3 Å². The van der Waals surface area contributed by atoms with Crippen molar-refractivity contribution >= 4 is 57.4 Å². The van der Waals surface area contributed by atoms with Crippen LogP contribution >= 0.6 is 34.2 Å². The number of anilines is 2.